The van der Waals surface area contributed by atoms with Crippen molar-refractivity contribution in [2.45, 2.75) is 6.92 Å². The van der Waals surface area contributed by atoms with Crippen LogP contribution >= 0.6 is 6.83 Å². The van der Waals surface area contributed by atoms with Gasteiger partial charge in [0.2, 0.25) is 0 Å². The van der Waals surface area contributed by atoms with E-state index in [9.17, 15) is 6.03 Å². The molecule has 128 valence electrons. The van der Waals surface area contributed by atoms with Crippen molar-refractivity contribution in [3.63, 3.8) is 0 Å². The topological polar surface area (TPSA) is 43.4 Å². The Morgan fingerprint density at radius 1 is 0.680 bits per heavy atom. The van der Waals surface area contributed by atoms with E-state index in [1.807, 2.05) is 97.9 Å². The summed E-state index contributed by atoms with van der Waals surface area (Å²) in [5, 5.41) is 2.82. The van der Waals surface area contributed by atoms with Gasteiger partial charge in [0, 0.05) is 0 Å². The molecule has 0 fully saturated rings. The summed E-state index contributed by atoms with van der Waals surface area (Å²) in [6.07, 6.45) is 0.578. The van der Waals surface area contributed by atoms with Crippen LogP contribution in [0.15, 0.2) is 91.0 Å². The van der Waals surface area contributed by atoms with Crippen LogP contribution in [-0.2, 0) is 8.84 Å². The van der Waals surface area contributed by atoms with Crippen LogP contribution in [0.5, 0.6) is 0 Å². The van der Waals surface area contributed by atoms with E-state index in [0.717, 1.165) is 15.9 Å². The van der Waals surface area contributed by atoms with Gasteiger partial charge < -0.3 is 0 Å². The molecule has 5 heteroatoms. The Morgan fingerprint density at radius 3 is 1.24 bits per heavy atom. The van der Waals surface area contributed by atoms with Crippen LogP contribution in [0.25, 0.3) is 0 Å². The van der Waals surface area contributed by atoms with Crippen molar-refractivity contribution in [1.29, 1.82) is 0 Å². The second kappa shape index (κ2) is 7.38. The maximum atomic E-state index is 12.1. The molecule has 0 saturated heterocycles. The predicted octanol–water partition coefficient (Wildman–Crippen LogP) is 3.31. The quantitative estimate of drug-likeness (QED) is 0.418. The first-order valence-electron chi connectivity index (χ1n) is 8.16. The molecule has 3 nitrogen and oxygen atoms in total. The Bertz CT molecular complexity index is 802. The molecule has 0 radical (unpaired) electrons. The number of rotatable bonds is 6. The number of benzene rings is 3. The van der Waals surface area contributed by atoms with Gasteiger partial charge in [0.25, 0.3) is 0 Å². The van der Waals surface area contributed by atoms with E-state index in [4.69, 9.17) is 2.80 Å². The van der Waals surface area contributed by atoms with Gasteiger partial charge in [-0.15, -0.1) is 0 Å². The summed E-state index contributed by atoms with van der Waals surface area (Å²) in [5.74, 6) is 0. The van der Waals surface area contributed by atoms with Gasteiger partial charge in [-0.25, -0.2) is 0 Å². The van der Waals surface area contributed by atoms with E-state index < -0.39 is 27.4 Å². The first-order valence-corrected chi connectivity index (χ1v) is 13.6. The summed E-state index contributed by atoms with van der Waals surface area (Å²) in [6.45, 7) is -1.54. The second-order valence-corrected chi connectivity index (χ2v) is 13.3. The Hall–Kier alpha value is -1.53. The predicted molar refractivity (Wildman–Crippen MR) is 104 cm³/mol. The average Bonchev–Trinajstić information content (AvgIpc) is 2.68. The van der Waals surface area contributed by atoms with Gasteiger partial charge in [-0.1, -0.05) is 0 Å². The van der Waals surface area contributed by atoms with Crippen molar-refractivity contribution in [1.82, 2.24) is 0 Å². The van der Waals surface area contributed by atoms with Gasteiger partial charge in [-0.3, -0.25) is 0 Å². The van der Waals surface area contributed by atoms with Crippen LogP contribution in [0.2, 0.25) is 0 Å². The van der Waals surface area contributed by atoms with Crippen LogP contribution in [0, 0.1) is 0 Å². The van der Waals surface area contributed by atoms with E-state index >= 15 is 0 Å². The second-order valence-electron chi connectivity index (χ2n) is 5.84. The summed E-state index contributed by atoms with van der Waals surface area (Å²) in [5.41, 5.74) is 0. The average molecular weight is 461 g/mol. The Labute approximate surface area is 156 Å². The summed E-state index contributed by atoms with van der Waals surface area (Å²) in [7, 11) is 0. The van der Waals surface area contributed by atoms with Crippen molar-refractivity contribution in [2.75, 3.05) is 6.16 Å². The van der Waals surface area contributed by atoms with Crippen LogP contribution in [-0.4, -0.2) is 26.8 Å². The fourth-order valence-corrected chi connectivity index (χ4v) is 14.6. The zero-order valence-electron chi connectivity index (χ0n) is 14.0. The van der Waals surface area contributed by atoms with Crippen molar-refractivity contribution >= 4 is 43.4 Å². The standard InChI is InChI=1S/C20H20OP.2O.Sb/c1-2-22(21,18-12-6-3-7-13-18,19-14-8-4-9-15-19)20-16-10-5-11-17-20;;;/h3-17H,2H2,1H3;;;/q-1;;;+1. The summed E-state index contributed by atoms with van der Waals surface area (Å²) in [4.78, 5) is 0. The first-order chi connectivity index (χ1) is 12.1. The molecule has 3 rings (SSSR count). The molecular formula is C20H20O3PSb. The van der Waals surface area contributed by atoms with Crippen molar-refractivity contribution in [3.05, 3.63) is 91.0 Å². The third kappa shape index (κ3) is 2.95. The van der Waals surface area contributed by atoms with E-state index in [1.54, 1.807) is 0 Å². The molecule has 0 bridgehead atoms. The third-order valence-corrected chi connectivity index (χ3v) is 14.9. The summed E-state index contributed by atoms with van der Waals surface area (Å²) < 4.78 is 30.3. The zero-order valence-corrected chi connectivity index (χ0v) is 17.4. The molecule has 0 aliphatic carbocycles. The monoisotopic (exact) mass is 460 g/mol. The van der Waals surface area contributed by atoms with Gasteiger partial charge >= 0.3 is 156 Å². The molecule has 3 aromatic carbocycles. The molecule has 0 spiro atoms. The molecule has 0 aliphatic rings. The van der Waals surface area contributed by atoms with Gasteiger partial charge in [0.05, 0.1) is 0 Å². The van der Waals surface area contributed by atoms with Gasteiger partial charge in [-0.05, 0) is 0 Å². The van der Waals surface area contributed by atoms with Crippen LogP contribution < -0.4 is 15.9 Å². The van der Waals surface area contributed by atoms with Crippen molar-refractivity contribution < 1.29 is 8.84 Å². The van der Waals surface area contributed by atoms with E-state index in [2.05, 4.69) is 0 Å². The minimum absolute atomic E-state index is 0.578. The number of hydrogen-bond donors (Lipinski definition) is 0. The minimum atomic E-state index is -4.30. The van der Waals surface area contributed by atoms with E-state index in [1.165, 1.54) is 0 Å². The van der Waals surface area contributed by atoms with Crippen molar-refractivity contribution in [3.8, 4) is 0 Å². The molecule has 0 amide bonds. The van der Waals surface area contributed by atoms with E-state index in [-0.39, 0.29) is 0 Å². The van der Waals surface area contributed by atoms with Crippen LogP contribution in [0.1, 0.15) is 6.92 Å². The first kappa shape index (κ1) is 18.3. The molecule has 0 aromatic heterocycles. The number of hydrogen-bond acceptors (Lipinski definition) is 3. The Balaban J connectivity index is 2.53. The molecule has 3 aromatic rings. The Kier molecular flexibility index (Phi) is 5.39. The molecular weight excluding hydrogens is 441 g/mol. The fourth-order valence-electron chi connectivity index (χ4n) is 3.57. The van der Waals surface area contributed by atoms with Gasteiger partial charge in [0.15, 0.2) is 0 Å². The van der Waals surface area contributed by atoms with Crippen molar-refractivity contribution in [2.24, 2.45) is 0 Å². The fraction of sp³-hybridized carbons (Fsp3) is 0.100. The maximum absolute atomic E-state index is 12.1. The van der Waals surface area contributed by atoms with Crippen LogP contribution in [0.3, 0.4) is 0 Å². The molecule has 0 aliphatic heterocycles. The van der Waals surface area contributed by atoms with Gasteiger partial charge in [-0.2, -0.15) is 0 Å². The molecule has 25 heavy (non-hydrogen) atoms. The molecule has 0 unspecified atom stereocenters. The molecule has 0 atom stereocenters. The molecule has 0 saturated carbocycles. The SMILES string of the molecule is CCP([O][Sb](=[O])=[O])(c1ccccc1)(c1ccccc1)c1ccccc1. The summed E-state index contributed by atoms with van der Waals surface area (Å²) in [6, 6.07) is 29.4. The van der Waals surface area contributed by atoms with E-state index in [0.29, 0.717) is 6.16 Å². The molecule has 0 N–H and O–H groups in total. The summed E-state index contributed by atoms with van der Waals surface area (Å²) >= 11 is -4.30. The Morgan fingerprint density at radius 2 is 1.00 bits per heavy atom. The third-order valence-electron chi connectivity index (χ3n) is 4.76. The normalized spacial score (nSPS) is 12.9. The zero-order chi connectivity index (χ0) is 17.8. The van der Waals surface area contributed by atoms with Crippen LogP contribution in [0.4, 0.5) is 0 Å². The molecule has 0 heterocycles. The van der Waals surface area contributed by atoms with Gasteiger partial charge in [0.1, 0.15) is 0 Å².